The zero-order valence-electron chi connectivity index (χ0n) is 23.9. The molecule has 2 aromatic carbocycles. The Labute approximate surface area is 254 Å². The quantitative estimate of drug-likeness (QED) is 0.231. The van der Waals surface area contributed by atoms with Crippen LogP contribution in [0, 0.1) is 11.3 Å². The number of carbonyl (C=O) groups is 1. The molecule has 0 amide bonds. The van der Waals surface area contributed by atoms with Gasteiger partial charge in [0.15, 0.2) is 0 Å². The van der Waals surface area contributed by atoms with Crippen LogP contribution in [0.5, 0.6) is 0 Å². The van der Waals surface area contributed by atoms with Crippen LogP contribution in [0.15, 0.2) is 72.4 Å². The van der Waals surface area contributed by atoms with Crippen LogP contribution in [0.1, 0.15) is 68.4 Å². The van der Waals surface area contributed by atoms with Crippen molar-refractivity contribution in [2.24, 2.45) is 0 Å². The van der Waals surface area contributed by atoms with Crippen LogP contribution in [-0.2, 0) is 24.2 Å². The third-order valence-corrected chi connectivity index (χ3v) is 8.84. The summed E-state index contributed by atoms with van der Waals surface area (Å²) in [5.41, 5.74) is 7.38. The molecule has 10 heteroatoms. The standard InChI is InChI=1S/C33H32N6O3S/c1-42-33(41)25-9-10-29-30(15-25)39(19-27-18-35-21-43-27)32(37-29)20-38-13-11-23(12-14-38)28-4-2-3-26(36-28)16-31(40)24-7-5-22(17-34)6-8-24/h2-10,15,18,21,23,31,40H,11-14,16,19-20H2,1H3. The van der Waals surface area contributed by atoms with Crippen LogP contribution in [0.25, 0.3) is 11.0 Å². The van der Waals surface area contributed by atoms with Gasteiger partial charge in [0.05, 0.1) is 60.0 Å². The molecule has 4 heterocycles. The highest BCUT2D eigenvalue weighted by molar-refractivity contribution is 7.09. The van der Waals surface area contributed by atoms with Gasteiger partial charge < -0.3 is 14.4 Å². The van der Waals surface area contributed by atoms with Crippen molar-refractivity contribution >= 4 is 28.3 Å². The maximum Gasteiger partial charge on any atom is 0.337 e. The van der Waals surface area contributed by atoms with E-state index in [9.17, 15) is 9.90 Å². The third kappa shape index (κ3) is 6.49. The second-order valence-electron chi connectivity index (χ2n) is 10.8. The Kier molecular flexibility index (Phi) is 8.56. The molecule has 0 aliphatic carbocycles. The molecule has 6 rings (SSSR count). The summed E-state index contributed by atoms with van der Waals surface area (Å²) in [4.78, 5) is 29.9. The van der Waals surface area contributed by atoms with Crippen LogP contribution in [0.4, 0.5) is 0 Å². The predicted octanol–water partition coefficient (Wildman–Crippen LogP) is 5.25. The Morgan fingerprint density at radius 1 is 1.12 bits per heavy atom. The highest BCUT2D eigenvalue weighted by atomic mass is 32.1. The molecule has 1 N–H and O–H groups in total. The fourth-order valence-electron chi connectivity index (χ4n) is 5.71. The Balaban J connectivity index is 1.13. The molecule has 0 radical (unpaired) electrons. The molecule has 218 valence electrons. The lowest BCUT2D eigenvalue weighted by Gasteiger charge is -2.31. The first-order valence-electron chi connectivity index (χ1n) is 14.3. The normalized spacial score (nSPS) is 14.9. The molecule has 9 nitrogen and oxygen atoms in total. The largest absolute Gasteiger partial charge is 0.465 e. The van der Waals surface area contributed by atoms with E-state index in [-0.39, 0.29) is 5.97 Å². The van der Waals surface area contributed by atoms with E-state index < -0.39 is 6.10 Å². The molecule has 1 atom stereocenters. The number of methoxy groups -OCH3 is 1. The second-order valence-corrected chi connectivity index (χ2v) is 11.8. The summed E-state index contributed by atoms with van der Waals surface area (Å²) in [6, 6.07) is 20.7. The monoisotopic (exact) mass is 592 g/mol. The first-order chi connectivity index (χ1) is 21.0. The van der Waals surface area contributed by atoms with Crippen molar-refractivity contribution in [3.8, 4) is 6.07 Å². The van der Waals surface area contributed by atoms with E-state index in [0.29, 0.717) is 36.6 Å². The molecule has 43 heavy (non-hydrogen) atoms. The van der Waals surface area contributed by atoms with E-state index in [1.807, 2.05) is 36.0 Å². The molecular formula is C33H32N6O3S. The fraction of sp³-hybridized carbons (Fsp3) is 0.303. The Bertz CT molecular complexity index is 1750. The van der Waals surface area contributed by atoms with Crippen molar-refractivity contribution < 1.29 is 14.6 Å². The van der Waals surface area contributed by atoms with Crippen LogP contribution in [0.2, 0.25) is 0 Å². The van der Waals surface area contributed by atoms with E-state index >= 15 is 0 Å². The number of aromatic nitrogens is 4. The highest BCUT2D eigenvalue weighted by Crippen LogP contribution is 2.29. The number of likely N-dealkylation sites (tertiary alicyclic amines) is 1. The first-order valence-corrected chi connectivity index (χ1v) is 15.2. The number of thiazole rings is 1. The number of imidazole rings is 1. The minimum absolute atomic E-state index is 0.349. The summed E-state index contributed by atoms with van der Waals surface area (Å²) in [7, 11) is 1.39. The van der Waals surface area contributed by atoms with Gasteiger partial charge in [-0.25, -0.2) is 9.78 Å². The average molecular weight is 593 g/mol. The van der Waals surface area contributed by atoms with Crippen molar-refractivity contribution in [2.45, 2.75) is 44.4 Å². The van der Waals surface area contributed by atoms with Gasteiger partial charge in [-0.15, -0.1) is 11.3 Å². The molecule has 0 saturated carbocycles. The smallest absolute Gasteiger partial charge is 0.337 e. The minimum atomic E-state index is -0.676. The topological polar surface area (TPSA) is 117 Å². The zero-order chi connectivity index (χ0) is 29.8. The van der Waals surface area contributed by atoms with Crippen LogP contribution in [0.3, 0.4) is 0 Å². The maximum atomic E-state index is 12.2. The predicted molar refractivity (Wildman–Crippen MR) is 164 cm³/mol. The molecule has 1 saturated heterocycles. The number of nitriles is 1. The number of esters is 1. The van der Waals surface area contributed by atoms with Gasteiger partial charge in [-0.1, -0.05) is 18.2 Å². The second kappa shape index (κ2) is 12.8. The van der Waals surface area contributed by atoms with Crippen molar-refractivity contribution in [3.05, 3.63) is 111 Å². The number of carbonyl (C=O) groups excluding carboxylic acids is 1. The lowest BCUT2D eigenvalue weighted by molar-refractivity contribution is 0.0601. The van der Waals surface area contributed by atoms with Crippen LogP contribution < -0.4 is 0 Å². The van der Waals surface area contributed by atoms with E-state index in [0.717, 1.165) is 64.6 Å². The summed E-state index contributed by atoms with van der Waals surface area (Å²) < 4.78 is 7.13. The molecular weight excluding hydrogens is 560 g/mol. The number of piperidine rings is 1. The molecule has 5 aromatic rings. The number of benzene rings is 2. The zero-order valence-corrected chi connectivity index (χ0v) is 24.7. The number of fused-ring (bicyclic) bond motifs is 1. The van der Waals surface area contributed by atoms with Crippen molar-refractivity contribution in [1.82, 2.24) is 24.4 Å². The fourth-order valence-corrected chi connectivity index (χ4v) is 6.29. The number of nitrogens with zero attached hydrogens (tertiary/aromatic N) is 6. The number of aliphatic hydroxyl groups excluding tert-OH is 1. The number of ether oxygens (including phenoxy) is 1. The summed E-state index contributed by atoms with van der Waals surface area (Å²) in [6.07, 6.45) is 3.59. The molecule has 0 spiro atoms. The third-order valence-electron chi connectivity index (χ3n) is 8.07. The first kappa shape index (κ1) is 28.7. The van der Waals surface area contributed by atoms with Gasteiger partial charge in [0.2, 0.25) is 0 Å². The Hall–Kier alpha value is -4.43. The van der Waals surface area contributed by atoms with Crippen molar-refractivity contribution in [1.29, 1.82) is 5.26 Å². The van der Waals surface area contributed by atoms with E-state index in [2.05, 4.69) is 26.6 Å². The molecule has 1 unspecified atom stereocenters. The minimum Gasteiger partial charge on any atom is -0.465 e. The summed E-state index contributed by atoms with van der Waals surface area (Å²) >= 11 is 1.60. The van der Waals surface area contributed by atoms with Gasteiger partial charge in [0, 0.05) is 34.8 Å². The van der Waals surface area contributed by atoms with Gasteiger partial charge in [-0.05, 0) is 74.0 Å². The van der Waals surface area contributed by atoms with E-state index in [1.54, 1.807) is 41.7 Å². The lowest BCUT2D eigenvalue weighted by atomic mass is 9.92. The van der Waals surface area contributed by atoms with Crippen LogP contribution in [-0.4, -0.2) is 55.7 Å². The number of hydrogen-bond donors (Lipinski definition) is 1. The van der Waals surface area contributed by atoms with Gasteiger partial charge in [0.25, 0.3) is 0 Å². The van der Waals surface area contributed by atoms with Gasteiger partial charge in [-0.2, -0.15) is 5.26 Å². The average Bonchev–Trinajstić information content (AvgIpc) is 3.69. The number of rotatable bonds is 9. The van der Waals surface area contributed by atoms with Gasteiger partial charge >= 0.3 is 5.97 Å². The SMILES string of the molecule is COC(=O)c1ccc2nc(CN3CCC(c4cccc(CC(O)c5ccc(C#N)cc5)n4)CC3)n(Cc3cncs3)c2c1. The number of aliphatic hydroxyl groups is 1. The number of hydrogen-bond acceptors (Lipinski definition) is 9. The Morgan fingerprint density at radius 2 is 1.93 bits per heavy atom. The van der Waals surface area contributed by atoms with Gasteiger partial charge in [-0.3, -0.25) is 14.9 Å². The van der Waals surface area contributed by atoms with E-state index in [4.69, 9.17) is 20.0 Å². The molecule has 1 aliphatic heterocycles. The van der Waals surface area contributed by atoms with Crippen molar-refractivity contribution in [3.63, 3.8) is 0 Å². The highest BCUT2D eigenvalue weighted by Gasteiger charge is 2.24. The van der Waals surface area contributed by atoms with E-state index in [1.165, 1.54) is 7.11 Å². The molecule has 0 bridgehead atoms. The van der Waals surface area contributed by atoms with Gasteiger partial charge in [0.1, 0.15) is 5.82 Å². The summed E-state index contributed by atoms with van der Waals surface area (Å²) in [6.45, 7) is 3.18. The molecule has 1 aliphatic rings. The van der Waals surface area contributed by atoms with Crippen molar-refractivity contribution in [2.75, 3.05) is 20.2 Å². The molecule has 3 aromatic heterocycles. The Morgan fingerprint density at radius 3 is 2.65 bits per heavy atom. The number of pyridine rings is 1. The lowest BCUT2D eigenvalue weighted by Crippen LogP contribution is -2.33. The summed E-state index contributed by atoms with van der Waals surface area (Å²) in [5.74, 6) is 0.945. The summed E-state index contributed by atoms with van der Waals surface area (Å²) in [5, 5.41) is 19.8. The van der Waals surface area contributed by atoms with Crippen LogP contribution >= 0.6 is 11.3 Å². The molecule has 1 fully saturated rings. The maximum absolute atomic E-state index is 12.2.